The summed E-state index contributed by atoms with van der Waals surface area (Å²) in [5, 5.41) is 6.00. The first-order valence-electron chi connectivity index (χ1n) is 10.9. The number of sulfonamides is 1. The fourth-order valence-corrected chi connectivity index (χ4v) is 6.04. The molecule has 1 atom stereocenters. The van der Waals surface area contributed by atoms with Gasteiger partial charge in [-0.1, -0.05) is 30.3 Å². The van der Waals surface area contributed by atoms with E-state index in [-0.39, 0.29) is 16.5 Å². The average molecular weight is 475 g/mol. The van der Waals surface area contributed by atoms with Crippen molar-refractivity contribution in [3.63, 3.8) is 0 Å². The second-order valence-corrected chi connectivity index (χ2v) is 10.1. The zero-order valence-electron chi connectivity index (χ0n) is 18.8. The second kappa shape index (κ2) is 8.42. The first-order valence-corrected chi connectivity index (χ1v) is 12.4. The van der Waals surface area contributed by atoms with Gasteiger partial charge in [-0.25, -0.2) is 18.8 Å². The van der Waals surface area contributed by atoms with E-state index >= 15 is 0 Å². The Hall–Kier alpha value is -3.98. The Bertz CT molecular complexity index is 1480. The van der Waals surface area contributed by atoms with Crippen molar-refractivity contribution in [1.82, 2.24) is 10.1 Å². The molecule has 34 heavy (non-hydrogen) atoms. The first-order chi connectivity index (χ1) is 16.3. The maximum absolute atomic E-state index is 13.6. The number of nitrogens with zero attached hydrogens (tertiary/aromatic N) is 3. The number of carbonyl (C=O) groups is 1. The van der Waals surface area contributed by atoms with Crippen LogP contribution in [0.5, 0.6) is 0 Å². The van der Waals surface area contributed by atoms with Gasteiger partial charge in [0.2, 0.25) is 0 Å². The molecule has 3 heterocycles. The van der Waals surface area contributed by atoms with Crippen LogP contribution in [-0.4, -0.2) is 30.4 Å². The highest BCUT2D eigenvalue weighted by Gasteiger charge is 2.36. The molecule has 0 bridgehead atoms. The number of amides is 1. The number of benzene rings is 2. The number of aromatic amines is 1. The fourth-order valence-electron chi connectivity index (χ4n) is 4.30. The van der Waals surface area contributed by atoms with Gasteiger partial charge in [0.25, 0.3) is 21.7 Å². The van der Waals surface area contributed by atoms with E-state index < -0.39 is 15.9 Å². The summed E-state index contributed by atoms with van der Waals surface area (Å²) in [5.74, 6) is 0.691. The lowest BCUT2D eigenvalue weighted by atomic mass is 10.1. The SMILES string of the molecule is Cc1cc(NC(=O)c2cccc(S(=O)(=O)N3c4ccccc4C[C@H]3C)c2)[n+](-c2ccccn2)[nH]1. The Morgan fingerprint density at radius 2 is 1.88 bits per heavy atom. The van der Waals surface area contributed by atoms with Crippen molar-refractivity contribution in [1.29, 1.82) is 0 Å². The highest BCUT2D eigenvalue weighted by atomic mass is 32.2. The van der Waals surface area contributed by atoms with Crippen molar-refractivity contribution in [3.8, 4) is 5.82 Å². The number of nitrogens with one attached hydrogen (secondary N) is 2. The topological polar surface area (TPSA) is 99.0 Å². The molecule has 4 aromatic rings. The summed E-state index contributed by atoms with van der Waals surface area (Å²) in [4.78, 5) is 17.5. The van der Waals surface area contributed by atoms with E-state index in [9.17, 15) is 13.2 Å². The number of hydrogen-bond acceptors (Lipinski definition) is 4. The van der Waals surface area contributed by atoms with Crippen LogP contribution in [0.25, 0.3) is 5.82 Å². The molecule has 8 nitrogen and oxygen atoms in total. The van der Waals surface area contributed by atoms with Crippen LogP contribution in [0.2, 0.25) is 0 Å². The summed E-state index contributed by atoms with van der Waals surface area (Å²) < 4.78 is 30.2. The molecular weight excluding hydrogens is 450 g/mol. The molecule has 0 saturated heterocycles. The van der Waals surface area contributed by atoms with Crippen LogP contribution in [0.3, 0.4) is 0 Å². The van der Waals surface area contributed by atoms with Gasteiger partial charge in [-0.15, -0.1) is 9.67 Å². The van der Waals surface area contributed by atoms with Crippen molar-refractivity contribution in [2.24, 2.45) is 0 Å². The molecule has 1 aliphatic heterocycles. The van der Waals surface area contributed by atoms with E-state index in [1.165, 1.54) is 16.4 Å². The quantitative estimate of drug-likeness (QED) is 0.433. The summed E-state index contributed by atoms with van der Waals surface area (Å²) in [6, 6.07) is 20.7. The van der Waals surface area contributed by atoms with Gasteiger partial charge < -0.3 is 0 Å². The molecule has 0 unspecified atom stereocenters. The Balaban J connectivity index is 1.45. The summed E-state index contributed by atoms with van der Waals surface area (Å²) in [5.41, 5.74) is 2.75. The van der Waals surface area contributed by atoms with Gasteiger partial charge in [-0.2, -0.15) is 0 Å². The maximum Gasteiger partial charge on any atom is 0.311 e. The Morgan fingerprint density at radius 3 is 2.68 bits per heavy atom. The predicted octanol–water partition coefficient (Wildman–Crippen LogP) is 3.39. The highest BCUT2D eigenvalue weighted by Crippen LogP contribution is 2.36. The van der Waals surface area contributed by atoms with E-state index in [0.29, 0.717) is 23.7 Å². The van der Waals surface area contributed by atoms with E-state index in [1.54, 1.807) is 29.1 Å². The van der Waals surface area contributed by atoms with Crippen molar-refractivity contribution < 1.29 is 17.9 Å². The molecule has 0 spiro atoms. The number of aryl methyl sites for hydroxylation is 1. The molecule has 2 N–H and O–H groups in total. The Labute approximate surface area is 197 Å². The molecule has 172 valence electrons. The van der Waals surface area contributed by atoms with Gasteiger partial charge in [0.05, 0.1) is 16.1 Å². The Kier molecular flexibility index (Phi) is 5.41. The van der Waals surface area contributed by atoms with Crippen molar-refractivity contribution in [2.75, 3.05) is 9.62 Å². The molecule has 0 saturated carbocycles. The highest BCUT2D eigenvalue weighted by molar-refractivity contribution is 7.92. The van der Waals surface area contributed by atoms with Crippen LogP contribution < -0.4 is 14.3 Å². The average Bonchev–Trinajstić information content (AvgIpc) is 3.38. The molecule has 2 aromatic carbocycles. The number of rotatable bonds is 5. The maximum atomic E-state index is 13.6. The van der Waals surface area contributed by atoms with Gasteiger partial charge in [0.15, 0.2) is 0 Å². The van der Waals surface area contributed by atoms with Crippen LogP contribution in [0.15, 0.2) is 83.9 Å². The van der Waals surface area contributed by atoms with E-state index in [1.807, 2.05) is 56.3 Å². The Morgan fingerprint density at radius 1 is 1.09 bits per heavy atom. The number of fused-ring (bicyclic) bond motifs is 1. The molecule has 0 radical (unpaired) electrons. The predicted molar refractivity (Wildman–Crippen MR) is 129 cm³/mol. The second-order valence-electron chi connectivity index (χ2n) is 8.31. The van der Waals surface area contributed by atoms with Crippen molar-refractivity contribution in [2.45, 2.75) is 31.2 Å². The van der Waals surface area contributed by atoms with Gasteiger partial charge in [-0.05, 0) is 56.2 Å². The number of hydrogen-bond donors (Lipinski definition) is 2. The number of carbonyl (C=O) groups excluding carboxylic acids is 1. The minimum absolute atomic E-state index is 0.0755. The van der Waals surface area contributed by atoms with E-state index in [2.05, 4.69) is 15.4 Å². The number of anilines is 2. The lowest BCUT2D eigenvalue weighted by molar-refractivity contribution is -0.645. The summed E-state index contributed by atoms with van der Waals surface area (Å²) in [6.45, 7) is 3.76. The standard InChI is InChI=1S/C25H23N5O3S/c1-17-14-24(29(28-17)23-12-5-6-13-26-23)27-25(31)20-9-7-10-21(16-20)34(32,33)30-18(2)15-19-8-3-4-11-22(19)30/h3-14,16,18H,15H2,1-2H3,(H,27,28,31)/p+1/t18-/m1/s1. The monoisotopic (exact) mass is 474 g/mol. The van der Waals surface area contributed by atoms with E-state index in [0.717, 1.165) is 11.3 Å². The zero-order valence-corrected chi connectivity index (χ0v) is 19.6. The third-order valence-electron chi connectivity index (χ3n) is 5.80. The summed E-state index contributed by atoms with van der Waals surface area (Å²) >= 11 is 0. The van der Waals surface area contributed by atoms with Gasteiger partial charge >= 0.3 is 5.91 Å². The zero-order chi connectivity index (χ0) is 23.9. The van der Waals surface area contributed by atoms with Crippen LogP contribution in [-0.2, 0) is 16.4 Å². The van der Waals surface area contributed by atoms with Crippen LogP contribution in [0.1, 0.15) is 28.5 Å². The van der Waals surface area contributed by atoms with Gasteiger partial charge in [0.1, 0.15) is 6.20 Å². The smallest absolute Gasteiger partial charge is 0.263 e. The third-order valence-corrected chi connectivity index (χ3v) is 7.72. The minimum atomic E-state index is -3.85. The normalized spacial score (nSPS) is 15.2. The van der Waals surface area contributed by atoms with Crippen molar-refractivity contribution >= 4 is 27.4 Å². The van der Waals surface area contributed by atoms with Crippen LogP contribution in [0, 0.1) is 6.92 Å². The molecule has 5 rings (SSSR count). The van der Waals surface area contributed by atoms with E-state index in [4.69, 9.17) is 0 Å². The minimum Gasteiger partial charge on any atom is -0.263 e. The molecule has 1 amide bonds. The number of para-hydroxylation sites is 1. The van der Waals surface area contributed by atoms with Crippen LogP contribution in [0.4, 0.5) is 11.5 Å². The van der Waals surface area contributed by atoms with Gasteiger partial charge in [-0.3, -0.25) is 9.10 Å². The molecule has 1 aliphatic rings. The van der Waals surface area contributed by atoms with Crippen molar-refractivity contribution in [3.05, 3.63) is 95.8 Å². The molecule has 2 aromatic heterocycles. The number of aromatic nitrogens is 3. The first kappa shape index (κ1) is 21.8. The number of H-pyrrole nitrogens is 1. The largest absolute Gasteiger partial charge is 0.311 e. The molecule has 0 fully saturated rings. The number of pyridine rings is 1. The van der Waals surface area contributed by atoms with Gasteiger partial charge in [0, 0.05) is 23.9 Å². The third kappa shape index (κ3) is 3.84. The summed E-state index contributed by atoms with van der Waals surface area (Å²) in [7, 11) is -3.85. The molecular formula is C25H24N5O3S+. The molecule has 0 aliphatic carbocycles. The molecule has 9 heteroatoms. The lowest BCUT2D eigenvalue weighted by Gasteiger charge is -2.24. The summed E-state index contributed by atoms with van der Waals surface area (Å²) in [6.07, 6.45) is 2.31. The fraction of sp³-hybridized carbons (Fsp3) is 0.160. The van der Waals surface area contributed by atoms with Crippen LogP contribution >= 0.6 is 0 Å². The lowest BCUT2D eigenvalue weighted by Crippen LogP contribution is -2.38.